The third-order valence-corrected chi connectivity index (χ3v) is 0.964. The second kappa shape index (κ2) is 22.5. The largest absolute Gasteiger partial charge is 0.106 e. The van der Waals surface area contributed by atoms with Gasteiger partial charge in [0.1, 0.15) is 0 Å². The first-order chi connectivity index (χ1) is 5.68. The van der Waals surface area contributed by atoms with Gasteiger partial charge >= 0.3 is 0 Å². The first-order valence-corrected chi connectivity index (χ1v) is 4.42. The molecule has 12 heavy (non-hydrogen) atoms. The van der Waals surface area contributed by atoms with E-state index in [4.69, 9.17) is 0 Å². The van der Waals surface area contributed by atoms with Gasteiger partial charge in [-0.1, -0.05) is 39.3 Å². The highest BCUT2D eigenvalue weighted by atomic mass is 13.8. The second-order valence-electron chi connectivity index (χ2n) is 2.56. The lowest BCUT2D eigenvalue weighted by Crippen LogP contribution is -1.71. The molecule has 0 aromatic rings. The number of hydrogen-bond acceptors (Lipinski definition) is 0. The molecule has 0 aliphatic heterocycles. The molecule has 0 nitrogen and oxygen atoms in total. The van der Waals surface area contributed by atoms with Gasteiger partial charge < -0.3 is 0 Å². The van der Waals surface area contributed by atoms with Crippen LogP contribution in [0.2, 0.25) is 0 Å². The Labute approximate surface area is 78.7 Å². The number of rotatable bonds is 3. The summed E-state index contributed by atoms with van der Waals surface area (Å²) in [6.45, 7) is 19.5. The lowest BCUT2D eigenvalue weighted by Gasteiger charge is -1.84. The van der Waals surface area contributed by atoms with Crippen LogP contribution in [-0.4, -0.2) is 0 Å². The lowest BCUT2D eigenvalue weighted by atomic mass is 10.2. The van der Waals surface area contributed by atoms with Gasteiger partial charge in [-0.3, -0.25) is 0 Å². The van der Waals surface area contributed by atoms with E-state index in [0.29, 0.717) is 5.92 Å². The molecule has 0 N–H and O–H groups in total. The molecular formula is C12H24. The molecule has 0 heteroatoms. The fourth-order valence-electron chi connectivity index (χ4n) is 0.204. The van der Waals surface area contributed by atoms with Crippen LogP contribution in [0, 0.1) is 5.92 Å². The number of hydrogen-bond donors (Lipinski definition) is 0. The van der Waals surface area contributed by atoms with Crippen LogP contribution in [0.5, 0.6) is 0 Å². The molecule has 0 amide bonds. The second-order valence-corrected chi connectivity index (χ2v) is 2.56. The highest BCUT2D eigenvalue weighted by Gasteiger charge is 1.73. The topological polar surface area (TPSA) is 0 Å². The van der Waals surface area contributed by atoms with E-state index in [2.05, 4.69) is 47.1 Å². The van der Waals surface area contributed by atoms with E-state index < -0.39 is 0 Å². The first kappa shape index (κ1) is 17.3. The van der Waals surface area contributed by atoms with Gasteiger partial charge in [0.05, 0.1) is 0 Å². The van der Waals surface area contributed by atoms with E-state index in [-0.39, 0.29) is 0 Å². The van der Waals surface area contributed by atoms with Gasteiger partial charge in [-0.15, -0.1) is 26.3 Å². The standard InChI is InChI=1S/2C5H10.C2H4/c1-4-5(2)3;1-3-5-4-2;1-2/h4-5H,1H2,2-3H3;3H,1,4-5H2,2H3;1-2H2. The molecule has 0 unspecified atom stereocenters. The molecule has 0 rings (SSSR count). The maximum atomic E-state index is 3.56. The summed E-state index contributed by atoms with van der Waals surface area (Å²) < 4.78 is 0. The normalized spacial score (nSPS) is 7.00. The Balaban J connectivity index is -0.000000112. The molecule has 0 aromatic heterocycles. The molecule has 0 aliphatic carbocycles. The molecular weight excluding hydrogens is 144 g/mol. The molecule has 0 aromatic carbocycles. The van der Waals surface area contributed by atoms with E-state index in [1.54, 1.807) is 0 Å². The lowest BCUT2D eigenvalue weighted by molar-refractivity contribution is 0.835. The maximum Gasteiger partial charge on any atom is -0.0293 e. The van der Waals surface area contributed by atoms with Gasteiger partial charge in [0.2, 0.25) is 0 Å². The molecule has 0 spiro atoms. The smallest absolute Gasteiger partial charge is 0.0293 e. The molecule has 0 radical (unpaired) electrons. The molecule has 72 valence electrons. The van der Waals surface area contributed by atoms with Crippen molar-refractivity contribution in [3.05, 3.63) is 38.5 Å². The highest BCUT2D eigenvalue weighted by Crippen LogP contribution is 1.87. The Bertz CT molecular complexity index is 80.0. The fraction of sp³-hybridized carbons (Fsp3) is 0.500. The molecule has 0 fully saturated rings. The summed E-state index contributed by atoms with van der Waals surface area (Å²) in [5.74, 6) is 0.648. The van der Waals surface area contributed by atoms with Crippen molar-refractivity contribution in [3.63, 3.8) is 0 Å². The minimum Gasteiger partial charge on any atom is -0.106 e. The van der Waals surface area contributed by atoms with Crippen molar-refractivity contribution in [2.75, 3.05) is 0 Å². The van der Waals surface area contributed by atoms with Crippen LogP contribution in [0.15, 0.2) is 38.5 Å². The highest BCUT2D eigenvalue weighted by molar-refractivity contribution is 4.69. The zero-order valence-corrected chi connectivity index (χ0v) is 8.97. The summed E-state index contributed by atoms with van der Waals surface area (Å²) in [5.41, 5.74) is 0. The van der Waals surface area contributed by atoms with Crippen molar-refractivity contribution >= 4 is 0 Å². The quantitative estimate of drug-likeness (QED) is 0.540. The third kappa shape index (κ3) is 60.1. The van der Waals surface area contributed by atoms with Crippen molar-refractivity contribution < 1.29 is 0 Å². The zero-order chi connectivity index (χ0) is 10.4. The Morgan fingerprint density at radius 1 is 1.17 bits per heavy atom. The van der Waals surface area contributed by atoms with Gasteiger partial charge in [-0.05, 0) is 12.3 Å². The number of unbranched alkanes of at least 4 members (excludes halogenated alkanes) is 1. The Morgan fingerprint density at radius 3 is 1.50 bits per heavy atom. The van der Waals surface area contributed by atoms with Gasteiger partial charge in [-0.25, -0.2) is 0 Å². The van der Waals surface area contributed by atoms with Crippen LogP contribution in [0.3, 0.4) is 0 Å². The monoisotopic (exact) mass is 168 g/mol. The Morgan fingerprint density at radius 2 is 1.50 bits per heavy atom. The minimum absolute atomic E-state index is 0.648. The third-order valence-electron chi connectivity index (χ3n) is 0.964. The van der Waals surface area contributed by atoms with Crippen LogP contribution < -0.4 is 0 Å². The van der Waals surface area contributed by atoms with Gasteiger partial charge in [0, 0.05) is 0 Å². The first-order valence-electron chi connectivity index (χ1n) is 4.42. The predicted molar refractivity (Wildman–Crippen MR) is 61.4 cm³/mol. The van der Waals surface area contributed by atoms with Crippen molar-refractivity contribution in [2.24, 2.45) is 5.92 Å². The predicted octanol–water partition coefficient (Wildman–Crippen LogP) is 4.60. The molecule has 0 saturated heterocycles. The van der Waals surface area contributed by atoms with Crippen LogP contribution in [0.25, 0.3) is 0 Å². The molecule has 0 aliphatic rings. The summed E-state index contributed by atoms with van der Waals surface area (Å²) in [7, 11) is 0. The van der Waals surface area contributed by atoms with Crippen LogP contribution in [-0.2, 0) is 0 Å². The summed E-state index contributed by atoms with van der Waals surface area (Å²) >= 11 is 0. The minimum atomic E-state index is 0.648. The van der Waals surface area contributed by atoms with Crippen molar-refractivity contribution in [3.8, 4) is 0 Å². The van der Waals surface area contributed by atoms with Crippen molar-refractivity contribution in [1.29, 1.82) is 0 Å². The van der Waals surface area contributed by atoms with Crippen molar-refractivity contribution in [1.82, 2.24) is 0 Å². The van der Waals surface area contributed by atoms with E-state index in [0.717, 1.165) is 6.42 Å². The number of allylic oxidation sites excluding steroid dienone is 2. The van der Waals surface area contributed by atoms with Crippen LogP contribution in [0.1, 0.15) is 33.6 Å². The molecule has 0 heterocycles. The van der Waals surface area contributed by atoms with E-state index in [1.807, 2.05) is 12.2 Å². The SMILES string of the molecule is C=C.C=CC(C)C.C=CCCC. The average molecular weight is 168 g/mol. The maximum absolute atomic E-state index is 3.56. The van der Waals surface area contributed by atoms with Crippen LogP contribution in [0.4, 0.5) is 0 Å². The van der Waals surface area contributed by atoms with Gasteiger partial charge in [0.15, 0.2) is 0 Å². The van der Waals surface area contributed by atoms with Gasteiger partial charge in [-0.2, -0.15) is 0 Å². The summed E-state index contributed by atoms with van der Waals surface area (Å²) in [5, 5.41) is 0. The average Bonchev–Trinajstić information content (AvgIpc) is 2.10. The van der Waals surface area contributed by atoms with Crippen LogP contribution >= 0.6 is 0 Å². The molecule has 0 saturated carbocycles. The molecule has 0 bridgehead atoms. The summed E-state index contributed by atoms with van der Waals surface area (Å²) in [4.78, 5) is 0. The fourth-order valence-corrected chi connectivity index (χ4v) is 0.204. The van der Waals surface area contributed by atoms with Gasteiger partial charge in [0.25, 0.3) is 0 Å². The Hall–Kier alpha value is -0.780. The summed E-state index contributed by atoms with van der Waals surface area (Å²) in [6.07, 6.45) is 6.23. The van der Waals surface area contributed by atoms with Crippen molar-refractivity contribution in [2.45, 2.75) is 33.6 Å². The van der Waals surface area contributed by atoms with E-state index >= 15 is 0 Å². The van der Waals surface area contributed by atoms with E-state index in [9.17, 15) is 0 Å². The summed E-state index contributed by atoms with van der Waals surface area (Å²) in [6, 6.07) is 0. The Kier molecular flexibility index (Phi) is 32.5. The van der Waals surface area contributed by atoms with E-state index in [1.165, 1.54) is 6.42 Å². The molecule has 0 atom stereocenters. The zero-order valence-electron chi connectivity index (χ0n) is 8.97.